The number of ether oxygens (including phenoxy) is 4. The van der Waals surface area contributed by atoms with Crippen LogP contribution in [-0.2, 0) is 50.2 Å². The Hall–Kier alpha value is -6.54. The van der Waals surface area contributed by atoms with Gasteiger partial charge in [-0.25, -0.2) is 19.1 Å². The Morgan fingerprint density at radius 1 is 0.527 bits per heavy atom. The van der Waals surface area contributed by atoms with Gasteiger partial charge in [0.05, 0.1) is 35.2 Å². The van der Waals surface area contributed by atoms with Gasteiger partial charge in [-0.15, -0.1) is 0 Å². The van der Waals surface area contributed by atoms with Crippen LogP contribution in [0.4, 0.5) is 0 Å². The number of benzene rings is 4. The van der Waals surface area contributed by atoms with Crippen LogP contribution in [0, 0.1) is 0 Å². The van der Waals surface area contributed by atoms with E-state index < -0.39 is 39.1 Å². The van der Waals surface area contributed by atoms with Crippen molar-refractivity contribution in [3.63, 3.8) is 0 Å². The summed E-state index contributed by atoms with van der Waals surface area (Å²) < 4.78 is 73.5. The second-order valence-electron chi connectivity index (χ2n) is 18.5. The number of fused-ring (bicyclic) bond motifs is 2. The van der Waals surface area contributed by atoms with Crippen molar-refractivity contribution in [3.8, 4) is 45.1 Å². The predicted octanol–water partition coefficient (Wildman–Crippen LogP) is 9.54. The third-order valence-electron chi connectivity index (χ3n) is 10.5. The highest BCUT2D eigenvalue weighted by Crippen LogP contribution is 2.55. The van der Waals surface area contributed by atoms with E-state index >= 15 is 0 Å². The third kappa shape index (κ3) is 14.4. The summed E-state index contributed by atoms with van der Waals surface area (Å²) in [6.07, 6.45) is 6.27. The first-order valence-corrected chi connectivity index (χ1v) is 26.3. The van der Waals surface area contributed by atoms with Gasteiger partial charge in [-0.05, 0) is 101 Å². The molecule has 0 radical (unpaired) electrons. The summed E-state index contributed by atoms with van der Waals surface area (Å²) in [5, 5.41) is 0.681. The molecule has 0 aliphatic rings. The summed E-state index contributed by atoms with van der Waals surface area (Å²) in [4.78, 5) is 54.2. The minimum atomic E-state index is -4.76. The summed E-state index contributed by atoms with van der Waals surface area (Å²) >= 11 is 0. The summed E-state index contributed by atoms with van der Waals surface area (Å²) in [5.74, 6) is 1.35. The zero-order chi connectivity index (χ0) is 53.3. The summed E-state index contributed by atoms with van der Waals surface area (Å²) in [7, 11) is -5.59. The van der Waals surface area contributed by atoms with Crippen LogP contribution in [0.5, 0.6) is 11.5 Å². The molecule has 22 heteroatoms. The average Bonchev–Trinajstić information content (AvgIpc) is 3.94. The van der Waals surface area contributed by atoms with Crippen molar-refractivity contribution in [1.82, 2.24) is 28.2 Å². The molecule has 74 heavy (non-hydrogen) atoms. The van der Waals surface area contributed by atoms with E-state index in [2.05, 4.69) is 14.5 Å². The standard InChI is InChI=1S/C30H38N3O7P.C22H22N3O7P/c1-29(2,3)39-41(35,40-30(4,5)6)38-21-32-20-31-27-26(28(32)34)25(19-33(27)23-11-9-8-10-12-23)22-13-15-24(16-14-22)37-18-17-36-7;1-30-11-12-31-18-9-7-16(8-10-18)19-13-25(17-5-3-2-4-6-17)21-20(19)22(26)24(14-23-21)15-32-33(27,28)29/h8-16,19-20H,17-18,21H2,1-7H3;2-10,13-14H,11-12,15H2,1H3,(H2,27,28,29). The minimum Gasteiger partial charge on any atom is -0.491 e. The summed E-state index contributed by atoms with van der Waals surface area (Å²) in [6, 6.07) is 33.8. The lowest BCUT2D eigenvalue weighted by Gasteiger charge is -2.30. The molecule has 4 heterocycles. The van der Waals surface area contributed by atoms with Crippen LogP contribution < -0.4 is 20.6 Å². The molecule has 0 aliphatic heterocycles. The predicted molar refractivity (Wildman–Crippen MR) is 280 cm³/mol. The fourth-order valence-electron chi connectivity index (χ4n) is 7.46. The third-order valence-corrected chi connectivity index (χ3v) is 13.0. The number of methoxy groups -OCH3 is 2. The molecule has 8 rings (SSSR count). The number of para-hydroxylation sites is 2. The maximum atomic E-state index is 13.9. The van der Waals surface area contributed by atoms with Gasteiger partial charge in [0.15, 0.2) is 11.3 Å². The van der Waals surface area contributed by atoms with Gasteiger partial charge in [0, 0.05) is 49.1 Å². The van der Waals surface area contributed by atoms with E-state index in [-0.39, 0.29) is 12.3 Å². The van der Waals surface area contributed by atoms with Crippen LogP contribution in [0.15, 0.2) is 144 Å². The maximum Gasteiger partial charge on any atom is 0.477 e. The van der Waals surface area contributed by atoms with Crippen LogP contribution in [0.2, 0.25) is 0 Å². The normalized spacial score (nSPS) is 12.2. The van der Waals surface area contributed by atoms with E-state index in [4.69, 9.17) is 42.3 Å². The molecule has 0 spiro atoms. The van der Waals surface area contributed by atoms with Crippen molar-refractivity contribution >= 4 is 37.7 Å². The van der Waals surface area contributed by atoms with Crippen LogP contribution in [0.3, 0.4) is 0 Å². The number of phosphoric acid groups is 2. The molecule has 8 aromatic rings. The van der Waals surface area contributed by atoms with E-state index in [1.165, 1.54) is 17.2 Å². The maximum absolute atomic E-state index is 13.9. The number of aromatic nitrogens is 6. The molecule has 0 atom stereocenters. The molecule has 0 saturated heterocycles. The fraction of sp³-hybridized carbons (Fsp3) is 0.308. The van der Waals surface area contributed by atoms with Crippen molar-refractivity contribution in [2.75, 3.05) is 40.6 Å². The Labute approximate surface area is 427 Å². The molecule has 0 fully saturated rings. The lowest BCUT2D eigenvalue weighted by molar-refractivity contribution is -0.00658. The molecule has 4 aromatic heterocycles. The Bertz CT molecular complexity index is 3340. The van der Waals surface area contributed by atoms with Crippen molar-refractivity contribution in [3.05, 3.63) is 155 Å². The van der Waals surface area contributed by atoms with E-state index in [1.807, 2.05) is 114 Å². The largest absolute Gasteiger partial charge is 0.491 e. The zero-order valence-corrected chi connectivity index (χ0v) is 44.1. The van der Waals surface area contributed by atoms with E-state index in [0.29, 0.717) is 71.1 Å². The van der Waals surface area contributed by atoms with Gasteiger partial charge in [0.1, 0.15) is 50.8 Å². The second kappa shape index (κ2) is 23.8. The summed E-state index contributed by atoms with van der Waals surface area (Å²) in [5.41, 5.74) is 2.93. The lowest BCUT2D eigenvalue weighted by atomic mass is 10.1. The highest BCUT2D eigenvalue weighted by atomic mass is 31.2. The van der Waals surface area contributed by atoms with E-state index in [9.17, 15) is 18.7 Å². The molecule has 4 aromatic carbocycles. The topological polar surface area (TPSA) is 228 Å². The molecule has 0 amide bonds. The van der Waals surface area contributed by atoms with Crippen LogP contribution >= 0.6 is 15.6 Å². The first-order valence-electron chi connectivity index (χ1n) is 23.3. The molecular formula is C52H60N6O14P2. The smallest absolute Gasteiger partial charge is 0.477 e. The molecule has 0 saturated carbocycles. The van der Waals surface area contributed by atoms with Gasteiger partial charge in [-0.1, -0.05) is 60.7 Å². The number of nitrogens with zero attached hydrogens (tertiary/aromatic N) is 6. The molecule has 20 nitrogen and oxygen atoms in total. The van der Waals surface area contributed by atoms with Crippen LogP contribution in [0.1, 0.15) is 41.5 Å². The Kier molecular flexibility index (Phi) is 17.7. The first kappa shape index (κ1) is 55.2. The van der Waals surface area contributed by atoms with Crippen LogP contribution in [0.25, 0.3) is 55.7 Å². The molecule has 0 unspecified atom stereocenters. The minimum absolute atomic E-state index is 0.295. The Morgan fingerprint density at radius 2 is 0.905 bits per heavy atom. The number of phosphoric ester groups is 2. The summed E-state index contributed by atoms with van der Waals surface area (Å²) in [6.45, 7) is 11.3. The number of rotatable bonds is 20. The Morgan fingerprint density at radius 3 is 1.26 bits per heavy atom. The van der Waals surface area contributed by atoms with Crippen molar-refractivity contribution in [2.24, 2.45) is 0 Å². The van der Waals surface area contributed by atoms with E-state index in [1.54, 1.807) is 72.5 Å². The van der Waals surface area contributed by atoms with Gasteiger partial charge in [-0.3, -0.25) is 36.8 Å². The number of hydrogen-bond donors (Lipinski definition) is 2. The molecule has 0 bridgehead atoms. The highest BCUT2D eigenvalue weighted by Gasteiger charge is 2.37. The van der Waals surface area contributed by atoms with Crippen molar-refractivity contribution in [1.29, 1.82) is 0 Å². The monoisotopic (exact) mass is 1050 g/mol. The van der Waals surface area contributed by atoms with Crippen LogP contribution in [-0.4, -0.2) is 89.9 Å². The molecular weight excluding hydrogens is 995 g/mol. The Balaban J connectivity index is 0.000000221. The molecule has 0 aliphatic carbocycles. The van der Waals surface area contributed by atoms with Gasteiger partial charge in [0.25, 0.3) is 11.1 Å². The van der Waals surface area contributed by atoms with Crippen molar-refractivity contribution < 1.29 is 56.0 Å². The van der Waals surface area contributed by atoms with E-state index in [0.717, 1.165) is 27.1 Å². The average molecular weight is 1060 g/mol. The first-order chi connectivity index (χ1) is 35.2. The highest BCUT2D eigenvalue weighted by molar-refractivity contribution is 7.48. The second-order valence-corrected chi connectivity index (χ2v) is 21.3. The van der Waals surface area contributed by atoms with Gasteiger partial charge >= 0.3 is 15.6 Å². The molecule has 2 N–H and O–H groups in total. The lowest BCUT2D eigenvalue weighted by Crippen LogP contribution is -2.27. The van der Waals surface area contributed by atoms with Gasteiger partial charge in [-0.2, -0.15) is 0 Å². The number of hydrogen-bond acceptors (Lipinski definition) is 14. The van der Waals surface area contributed by atoms with Crippen molar-refractivity contribution in [2.45, 2.75) is 66.2 Å². The SMILES string of the molecule is COCCOc1ccc(-c2cn(-c3ccccc3)c3ncn(COP(=O)(O)O)c(=O)c23)cc1.COCCOc1ccc(-c2cn(-c3ccccc3)c3ncn(COP(=O)(OC(C)(C)C)OC(C)(C)C)c(=O)c23)cc1. The molecule has 392 valence electrons. The van der Waals surface area contributed by atoms with Gasteiger partial charge in [0.2, 0.25) is 0 Å². The van der Waals surface area contributed by atoms with Gasteiger partial charge < -0.3 is 37.9 Å². The quantitative estimate of drug-likeness (QED) is 0.0535. The fourth-order valence-corrected chi connectivity index (χ4v) is 9.48. The zero-order valence-electron chi connectivity index (χ0n) is 42.3.